The van der Waals surface area contributed by atoms with Crippen LogP contribution in [-0.4, -0.2) is 6.67 Å². The van der Waals surface area contributed by atoms with Gasteiger partial charge in [-0.1, -0.05) is 18.2 Å². The Morgan fingerprint density at radius 2 is 2.00 bits per heavy atom. The van der Waals surface area contributed by atoms with E-state index in [0.29, 0.717) is 0 Å². The summed E-state index contributed by atoms with van der Waals surface area (Å²) < 4.78 is 24.7. The summed E-state index contributed by atoms with van der Waals surface area (Å²) in [6, 6.07) is 5.10. The Morgan fingerprint density at radius 3 is 2.55 bits per heavy atom. The lowest BCUT2D eigenvalue weighted by Gasteiger charge is -2.06. The summed E-state index contributed by atoms with van der Waals surface area (Å²) in [4.78, 5) is 0. The van der Waals surface area contributed by atoms with Crippen LogP contribution in [-0.2, 0) is 0 Å². The fourth-order valence-corrected chi connectivity index (χ4v) is 0.859. The van der Waals surface area contributed by atoms with Crippen molar-refractivity contribution < 1.29 is 8.78 Å². The van der Waals surface area contributed by atoms with Crippen LogP contribution in [0.25, 0.3) is 0 Å². The summed E-state index contributed by atoms with van der Waals surface area (Å²) in [5.74, 6) is -0.447. The van der Waals surface area contributed by atoms with E-state index in [1.54, 1.807) is 12.1 Å². The minimum Gasteiger partial charge on any atom is -0.322 e. The van der Waals surface area contributed by atoms with Crippen molar-refractivity contribution in [2.75, 3.05) is 6.67 Å². The van der Waals surface area contributed by atoms with E-state index in [1.807, 2.05) is 0 Å². The number of nitrogens with two attached hydrogens (primary N) is 1. The van der Waals surface area contributed by atoms with Crippen molar-refractivity contribution in [3.63, 3.8) is 0 Å². The van der Waals surface area contributed by atoms with Crippen molar-refractivity contribution in [2.24, 2.45) is 5.73 Å². The van der Waals surface area contributed by atoms with Gasteiger partial charge in [0.15, 0.2) is 0 Å². The Hall–Kier alpha value is -0.960. The van der Waals surface area contributed by atoms with Crippen LogP contribution in [0.1, 0.15) is 11.6 Å². The molecule has 0 saturated heterocycles. The topological polar surface area (TPSA) is 26.0 Å². The third-order valence-corrected chi connectivity index (χ3v) is 1.47. The van der Waals surface area contributed by atoms with Gasteiger partial charge in [-0.15, -0.1) is 0 Å². The smallest absolute Gasteiger partial charge is 0.128 e. The first-order valence-corrected chi connectivity index (χ1v) is 3.31. The van der Waals surface area contributed by atoms with Crippen LogP contribution in [0, 0.1) is 5.82 Å². The highest BCUT2D eigenvalue weighted by molar-refractivity contribution is 5.20. The predicted molar refractivity (Wildman–Crippen MR) is 39.3 cm³/mol. The summed E-state index contributed by atoms with van der Waals surface area (Å²) in [5, 5.41) is 0. The zero-order valence-electron chi connectivity index (χ0n) is 5.93. The van der Waals surface area contributed by atoms with Crippen LogP contribution in [0.2, 0.25) is 0 Å². The molecule has 0 spiro atoms. The van der Waals surface area contributed by atoms with Crippen molar-refractivity contribution in [3.8, 4) is 0 Å². The van der Waals surface area contributed by atoms with Gasteiger partial charge in [0.1, 0.15) is 12.5 Å². The quantitative estimate of drug-likeness (QED) is 0.695. The summed E-state index contributed by atoms with van der Waals surface area (Å²) in [7, 11) is 0. The Balaban J connectivity index is 2.93. The zero-order valence-corrected chi connectivity index (χ0v) is 5.93. The molecule has 1 rings (SSSR count). The maximum atomic E-state index is 12.8. The van der Waals surface area contributed by atoms with Gasteiger partial charge in [0.25, 0.3) is 0 Å². The van der Waals surface area contributed by atoms with Gasteiger partial charge in [-0.25, -0.2) is 8.78 Å². The van der Waals surface area contributed by atoms with E-state index in [4.69, 9.17) is 5.73 Å². The number of hydrogen-bond donors (Lipinski definition) is 1. The van der Waals surface area contributed by atoms with Gasteiger partial charge in [-0.05, 0) is 6.07 Å². The minimum atomic E-state index is -0.837. The van der Waals surface area contributed by atoms with Crippen LogP contribution in [0.4, 0.5) is 8.78 Å². The molecule has 0 saturated carbocycles. The van der Waals surface area contributed by atoms with Crippen LogP contribution < -0.4 is 5.73 Å². The predicted octanol–water partition coefficient (Wildman–Crippen LogP) is 1.79. The molecule has 0 radical (unpaired) electrons. The first-order chi connectivity index (χ1) is 5.25. The van der Waals surface area contributed by atoms with Gasteiger partial charge < -0.3 is 5.73 Å². The molecule has 0 fully saturated rings. The SMILES string of the molecule is N[C@@H](CF)c1ccccc1F. The number of alkyl halides is 1. The second-order valence-corrected chi connectivity index (χ2v) is 2.28. The molecule has 0 bridgehead atoms. The van der Waals surface area contributed by atoms with Gasteiger partial charge in [0.05, 0.1) is 6.04 Å². The number of rotatable bonds is 2. The van der Waals surface area contributed by atoms with E-state index in [-0.39, 0.29) is 5.56 Å². The van der Waals surface area contributed by atoms with Gasteiger partial charge in [0.2, 0.25) is 0 Å². The van der Waals surface area contributed by atoms with E-state index in [0.717, 1.165) is 0 Å². The van der Waals surface area contributed by atoms with Crippen LogP contribution in [0.15, 0.2) is 24.3 Å². The zero-order chi connectivity index (χ0) is 8.27. The number of benzene rings is 1. The lowest BCUT2D eigenvalue weighted by molar-refractivity contribution is 0.427. The summed E-state index contributed by atoms with van der Waals surface area (Å²) in [6.07, 6.45) is 0. The molecule has 0 aliphatic rings. The fourth-order valence-electron chi connectivity index (χ4n) is 0.859. The van der Waals surface area contributed by atoms with Crippen molar-refractivity contribution in [2.45, 2.75) is 6.04 Å². The van der Waals surface area contributed by atoms with E-state index < -0.39 is 18.5 Å². The molecular formula is C8H9F2N. The van der Waals surface area contributed by atoms with E-state index >= 15 is 0 Å². The van der Waals surface area contributed by atoms with Crippen LogP contribution in [0.5, 0.6) is 0 Å². The molecule has 0 aliphatic heterocycles. The highest BCUT2D eigenvalue weighted by Gasteiger charge is 2.08. The molecule has 1 aromatic rings. The molecule has 1 atom stereocenters. The molecule has 0 heterocycles. The third kappa shape index (κ3) is 1.74. The highest BCUT2D eigenvalue weighted by atomic mass is 19.1. The second-order valence-electron chi connectivity index (χ2n) is 2.28. The van der Waals surface area contributed by atoms with E-state index in [9.17, 15) is 8.78 Å². The molecule has 0 unspecified atom stereocenters. The Labute approximate surface area is 63.8 Å². The standard InChI is InChI=1S/C8H9F2N/c9-5-8(11)6-3-1-2-4-7(6)10/h1-4,8H,5,11H2/t8-/m0/s1. The first kappa shape index (κ1) is 8.14. The van der Waals surface area contributed by atoms with Crippen LogP contribution in [0.3, 0.4) is 0 Å². The summed E-state index contributed by atoms with van der Waals surface area (Å²) in [5.41, 5.74) is 5.51. The molecule has 2 N–H and O–H groups in total. The fraction of sp³-hybridized carbons (Fsp3) is 0.250. The summed E-state index contributed by atoms with van der Waals surface area (Å²) >= 11 is 0. The normalized spacial score (nSPS) is 13.0. The number of hydrogen-bond acceptors (Lipinski definition) is 1. The molecule has 3 heteroatoms. The second kappa shape index (κ2) is 3.44. The molecule has 1 aromatic carbocycles. The highest BCUT2D eigenvalue weighted by Crippen LogP contribution is 2.14. The maximum Gasteiger partial charge on any atom is 0.128 e. The number of halogens is 2. The average Bonchev–Trinajstić information content (AvgIpc) is 2.04. The molecule has 60 valence electrons. The van der Waals surface area contributed by atoms with Crippen molar-refractivity contribution >= 4 is 0 Å². The monoisotopic (exact) mass is 157 g/mol. The van der Waals surface area contributed by atoms with Gasteiger partial charge in [-0.3, -0.25) is 0 Å². The molecule has 0 amide bonds. The third-order valence-electron chi connectivity index (χ3n) is 1.47. The Kier molecular flexibility index (Phi) is 2.54. The minimum absolute atomic E-state index is 0.231. The van der Waals surface area contributed by atoms with Crippen molar-refractivity contribution in [1.29, 1.82) is 0 Å². The molecule has 0 aliphatic carbocycles. The molecular weight excluding hydrogens is 148 g/mol. The Bertz CT molecular complexity index is 237. The molecule has 0 aromatic heterocycles. The largest absolute Gasteiger partial charge is 0.322 e. The van der Waals surface area contributed by atoms with Crippen molar-refractivity contribution in [3.05, 3.63) is 35.6 Å². The van der Waals surface area contributed by atoms with E-state index in [2.05, 4.69) is 0 Å². The van der Waals surface area contributed by atoms with Crippen molar-refractivity contribution in [1.82, 2.24) is 0 Å². The lowest BCUT2D eigenvalue weighted by Crippen LogP contribution is -2.13. The van der Waals surface area contributed by atoms with Gasteiger partial charge in [-0.2, -0.15) is 0 Å². The lowest BCUT2D eigenvalue weighted by atomic mass is 10.1. The van der Waals surface area contributed by atoms with Gasteiger partial charge >= 0.3 is 0 Å². The average molecular weight is 157 g/mol. The summed E-state index contributed by atoms with van der Waals surface area (Å²) in [6.45, 7) is -0.735. The van der Waals surface area contributed by atoms with E-state index in [1.165, 1.54) is 12.1 Å². The Morgan fingerprint density at radius 1 is 1.36 bits per heavy atom. The molecule has 1 nitrogen and oxygen atoms in total. The van der Waals surface area contributed by atoms with Gasteiger partial charge in [0, 0.05) is 5.56 Å². The molecule has 11 heavy (non-hydrogen) atoms. The first-order valence-electron chi connectivity index (χ1n) is 3.31. The van der Waals surface area contributed by atoms with Crippen LogP contribution >= 0.6 is 0 Å². The maximum absolute atomic E-state index is 12.8.